The average Bonchev–Trinajstić information content (AvgIpc) is 2.58. The molecule has 0 unspecified atom stereocenters. The molecule has 3 rings (SSSR count). The number of rotatable bonds is 4. The molecule has 0 atom stereocenters. The van der Waals surface area contributed by atoms with Gasteiger partial charge in [-0.3, -0.25) is 14.2 Å². The maximum Gasteiger partial charge on any atom is 0.269 e. The molecule has 0 radical (unpaired) electrons. The fourth-order valence-electron chi connectivity index (χ4n) is 2.45. The first-order valence-corrected chi connectivity index (χ1v) is 7.51. The summed E-state index contributed by atoms with van der Waals surface area (Å²) in [6, 6.07) is 14.9. The summed E-state index contributed by atoms with van der Waals surface area (Å²) in [5.74, 6) is -0.243. The standard InChI is InChI=1S/C18H17N3O2/c1-2-13-7-9-14(10-8-13)20-17(22)12-21-16-6-4-3-5-15(16)19-11-18(21)23/h3-11H,2,12H2,1H3,(H,20,22). The first kappa shape index (κ1) is 15.0. The number of hydrogen-bond donors (Lipinski definition) is 1. The van der Waals surface area contributed by atoms with Crippen LogP contribution >= 0.6 is 0 Å². The molecule has 116 valence electrons. The van der Waals surface area contributed by atoms with Gasteiger partial charge in [0.25, 0.3) is 5.56 Å². The van der Waals surface area contributed by atoms with Gasteiger partial charge in [0.1, 0.15) is 6.54 Å². The van der Waals surface area contributed by atoms with Gasteiger partial charge in [0.15, 0.2) is 0 Å². The average molecular weight is 307 g/mol. The number of amides is 1. The molecule has 23 heavy (non-hydrogen) atoms. The van der Waals surface area contributed by atoms with Crippen LogP contribution in [0.2, 0.25) is 0 Å². The molecule has 5 nitrogen and oxygen atoms in total. The van der Waals surface area contributed by atoms with Crippen molar-refractivity contribution < 1.29 is 4.79 Å². The minimum atomic E-state index is -0.291. The normalized spacial score (nSPS) is 10.7. The van der Waals surface area contributed by atoms with Gasteiger partial charge in [-0.25, -0.2) is 4.98 Å². The van der Waals surface area contributed by atoms with E-state index < -0.39 is 0 Å². The van der Waals surface area contributed by atoms with Crippen LogP contribution in [-0.2, 0) is 17.8 Å². The Balaban J connectivity index is 1.82. The number of fused-ring (bicyclic) bond motifs is 1. The lowest BCUT2D eigenvalue weighted by molar-refractivity contribution is -0.116. The van der Waals surface area contributed by atoms with Gasteiger partial charge in [0.2, 0.25) is 5.91 Å². The van der Waals surface area contributed by atoms with E-state index in [1.165, 1.54) is 16.3 Å². The molecule has 0 fully saturated rings. The van der Waals surface area contributed by atoms with Gasteiger partial charge in [-0.05, 0) is 36.2 Å². The van der Waals surface area contributed by atoms with Crippen LogP contribution in [0.5, 0.6) is 0 Å². The molecule has 1 N–H and O–H groups in total. The van der Waals surface area contributed by atoms with E-state index >= 15 is 0 Å². The molecule has 3 aromatic rings. The van der Waals surface area contributed by atoms with Crippen molar-refractivity contribution >= 4 is 22.6 Å². The van der Waals surface area contributed by atoms with E-state index in [4.69, 9.17) is 0 Å². The summed E-state index contributed by atoms with van der Waals surface area (Å²) in [4.78, 5) is 28.4. The van der Waals surface area contributed by atoms with Crippen LogP contribution in [0.3, 0.4) is 0 Å². The Hall–Kier alpha value is -2.95. The highest BCUT2D eigenvalue weighted by Gasteiger charge is 2.09. The number of nitrogens with one attached hydrogen (secondary N) is 1. The van der Waals surface area contributed by atoms with Gasteiger partial charge in [-0.1, -0.05) is 31.2 Å². The number of carbonyl (C=O) groups excluding carboxylic acids is 1. The Bertz CT molecular complexity index is 898. The summed E-state index contributed by atoms with van der Waals surface area (Å²) in [6.07, 6.45) is 2.19. The van der Waals surface area contributed by atoms with Gasteiger partial charge < -0.3 is 5.32 Å². The molecular formula is C18H17N3O2. The lowest BCUT2D eigenvalue weighted by Gasteiger charge is -2.10. The molecule has 0 saturated carbocycles. The summed E-state index contributed by atoms with van der Waals surface area (Å²) in [5.41, 5.74) is 2.97. The van der Waals surface area contributed by atoms with Crippen LogP contribution in [0.1, 0.15) is 12.5 Å². The van der Waals surface area contributed by atoms with E-state index in [-0.39, 0.29) is 18.0 Å². The lowest BCUT2D eigenvalue weighted by Crippen LogP contribution is -2.27. The first-order chi connectivity index (χ1) is 11.2. The molecular weight excluding hydrogens is 290 g/mol. The highest BCUT2D eigenvalue weighted by atomic mass is 16.2. The molecule has 2 aromatic carbocycles. The Morgan fingerprint density at radius 1 is 1.13 bits per heavy atom. The molecule has 0 aliphatic heterocycles. The van der Waals surface area contributed by atoms with Crippen LogP contribution in [0.15, 0.2) is 59.5 Å². The van der Waals surface area contributed by atoms with Crippen LogP contribution < -0.4 is 10.9 Å². The van der Waals surface area contributed by atoms with Gasteiger partial charge >= 0.3 is 0 Å². The number of hydrogen-bond acceptors (Lipinski definition) is 3. The minimum Gasteiger partial charge on any atom is -0.325 e. The van der Waals surface area contributed by atoms with Gasteiger partial charge in [0, 0.05) is 5.69 Å². The number of aryl methyl sites for hydroxylation is 1. The van der Waals surface area contributed by atoms with Gasteiger partial charge in [0.05, 0.1) is 17.2 Å². The second-order valence-electron chi connectivity index (χ2n) is 5.27. The van der Waals surface area contributed by atoms with Crippen LogP contribution in [0.4, 0.5) is 5.69 Å². The molecule has 5 heteroatoms. The van der Waals surface area contributed by atoms with Crippen molar-refractivity contribution in [3.8, 4) is 0 Å². The Kier molecular flexibility index (Phi) is 4.19. The number of aromatic nitrogens is 2. The summed E-state index contributed by atoms with van der Waals surface area (Å²) in [7, 11) is 0. The third kappa shape index (κ3) is 3.29. The van der Waals surface area contributed by atoms with Gasteiger partial charge in [-0.15, -0.1) is 0 Å². The molecule has 0 spiro atoms. The first-order valence-electron chi connectivity index (χ1n) is 7.51. The summed E-state index contributed by atoms with van der Waals surface area (Å²) in [6.45, 7) is 2.03. The fraction of sp³-hybridized carbons (Fsp3) is 0.167. The third-order valence-electron chi connectivity index (χ3n) is 3.70. The quantitative estimate of drug-likeness (QED) is 0.806. The summed E-state index contributed by atoms with van der Waals surface area (Å²) < 4.78 is 1.43. The predicted octanol–water partition coefficient (Wildman–Crippen LogP) is 2.60. The van der Waals surface area contributed by atoms with Gasteiger partial charge in [-0.2, -0.15) is 0 Å². The van der Waals surface area contributed by atoms with Crippen LogP contribution in [-0.4, -0.2) is 15.5 Å². The highest BCUT2D eigenvalue weighted by Crippen LogP contribution is 2.11. The van der Waals surface area contributed by atoms with Crippen molar-refractivity contribution in [1.29, 1.82) is 0 Å². The van der Waals surface area contributed by atoms with E-state index in [0.29, 0.717) is 11.0 Å². The second-order valence-corrected chi connectivity index (χ2v) is 5.27. The Morgan fingerprint density at radius 3 is 2.61 bits per heavy atom. The summed E-state index contributed by atoms with van der Waals surface area (Å²) >= 11 is 0. The van der Waals surface area contributed by atoms with E-state index in [9.17, 15) is 9.59 Å². The highest BCUT2D eigenvalue weighted by molar-refractivity contribution is 5.91. The zero-order valence-electron chi connectivity index (χ0n) is 12.8. The smallest absolute Gasteiger partial charge is 0.269 e. The SMILES string of the molecule is CCc1ccc(NC(=O)Cn2c(=O)cnc3ccccc32)cc1. The van der Waals surface area contributed by atoms with E-state index in [2.05, 4.69) is 17.2 Å². The van der Waals surface area contributed by atoms with Crippen LogP contribution in [0, 0.1) is 0 Å². The number of benzene rings is 2. The van der Waals surface area contributed by atoms with Crippen LogP contribution in [0.25, 0.3) is 11.0 Å². The fourth-order valence-corrected chi connectivity index (χ4v) is 2.45. The monoisotopic (exact) mass is 307 g/mol. The van der Waals surface area contributed by atoms with Crippen molar-refractivity contribution in [2.45, 2.75) is 19.9 Å². The molecule has 1 amide bonds. The number of para-hydroxylation sites is 2. The maximum absolute atomic E-state index is 12.2. The minimum absolute atomic E-state index is 0.0443. The lowest BCUT2D eigenvalue weighted by atomic mass is 10.1. The number of nitrogens with zero attached hydrogens (tertiary/aromatic N) is 2. The number of carbonyl (C=O) groups is 1. The molecule has 0 bridgehead atoms. The van der Waals surface area contributed by atoms with E-state index in [1.807, 2.05) is 42.5 Å². The molecule has 0 aliphatic carbocycles. The number of anilines is 1. The zero-order valence-corrected chi connectivity index (χ0v) is 12.8. The van der Waals surface area contributed by atoms with Crippen molar-refractivity contribution in [2.75, 3.05) is 5.32 Å². The topological polar surface area (TPSA) is 64.0 Å². The van der Waals surface area contributed by atoms with Crippen molar-refractivity contribution in [2.24, 2.45) is 0 Å². The summed E-state index contributed by atoms with van der Waals surface area (Å²) in [5, 5.41) is 2.81. The third-order valence-corrected chi connectivity index (χ3v) is 3.70. The Morgan fingerprint density at radius 2 is 1.87 bits per heavy atom. The van der Waals surface area contributed by atoms with E-state index in [1.54, 1.807) is 6.07 Å². The predicted molar refractivity (Wildman–Crippen MR) is 90.5 cm³/mol. The maximum atomic E-state index is 12.2. The zero-order chi connectivity index (χ0) is 16.2. The molecule has 0 aliphatic rings. The van der Waals surface area contributed by atoms with E-state index in [0.717, 1.165) is 12.1 Å². The van der Waals surface area contributed by atoms with Crippen molar-refractivity contribution in [3.05, 3.63) is 70.6 Å². The molecule has 1 aromatic heterocycles. The largest absolute Gasteiger partial charge is 0.325 e. The second kappa shape index (κ2) is 6.44. The molecule has 0 saturated heterocycles. The van der Waals surface area contributed by atoms with Crippen molar-refractivity contribution in [1.82, 2.24) is 9.55 Å². The Labute approximate surface area is 133 Å². The van der Waals surface area contributed by atoms with Crippen molar-refractivity contribution in [3.63, 3.8) is 0 Å². The molecule has 1 heterocycles.